The monoisotopic (exact) mass is 446 g/mol. The topological polar surface area (TPSA) is 50.6 Å². The molecule has 174 valence electrons. The Morgan fingerprint density at radius 1 is 1.12 bits per heavy atom. The van der Waals surface area contributed by atoms with Crippen molar-refractivity contribution in [3.63, 3.8) is 0 Å². The minimum absolute atomic E-state index is 0.0845. The fraction of sp³-hybridized carbons (Fsp3) is 0.407. The van der Waals surface area contributed by atoms with E-state index in [9.17, 15) is 4.79 Å². The average molecular weight is 447 g/mol. The van der Waals surface area contributed by atoms with Crippen molar-refractivity contribution in [2.24, 2.45) is 5.92 Å². The summed E-state index contributed by atoms with van der Waals surface area (Å²) in [4.78, 5) is 16.8. The molecule has 2 heterocycles. The largest absolute Gasteiger partial charge is 0.494 e. The first-order valence-corrected chi connectivity index (χ1v) is 11.7. The van der Waals surface area contributed by atoms with Crippen molar-refractivity contribution in [3.05, 3.63) is 77.1 Å². The van der Waals surface area contributed by atoms with Gasteiger partial charge in [0.15, 0.2) is 0 Å². The summed E-state index contributed by atoms with van der Waals surface area (Å²) >= 11 is 0. The van der Waals surface area contributed by atoms with Gasteiger partial charge in [0.1, 0.15) is 11.4 Å². The Hall–Kier alpha value is -3.12. The Labute approximate surface area is 196 Å². The number of nitrogens with zero attached hydrogens (tertiary/aromatic N) is 4. The highest BCUT2D eigenvalue weighted by Gasteiger charge is 2.28. The zero-order valence-corrected chi connectivity index (χ0v) is 20.1. The summed E-state index contributed by atoms with van der Waals surface area (Å²) in [6, 6.07) is 18.6. The molecular weight excluding hydrogens is 412 g/mol. The number of amides is 1. The summed E-state index contributed by atoms with van der Waals surface area (Å²) in [6.07, 6.45) is 0.900. The number of carbonyl (C=O) groups excluding carboxylic acids is 1. The lowest BCUT2D eigenvalue weighted by molar-refractivity contribution is -0.130. The molecule has 0 N–H and O–H groups in total. The fourth-order valence-electron chi connectivity index (χ4n) is 4.58. The lowest BCUT2D eigenvalue weighted by atomic mass is 10.0. The molecule has 0 saturated heterocycles. The van der Waals surface area contributed by atoms with Crippen molar-refractivity contribution in [1.82, 2.24) is 19.6 Å². The Morgan fingerprint density at radius 3 is 2.55 bits per heavy atom. The molecule has 3 aromatic rings. The summed E-state index contributed by atoms with van der Waals surface area (Å²) in [5.41, 5.74) is 5.68. The SMILES string of the molecule is COc1ccccc1-n1nc(CN(CC(C)C)C(C)=O)c2c1CCN(Cc1ccccc1)C2. The van der Waals surface area contributed by atoms with Gasteiger partial charge in [-0.25, -0.2) is 4.68 Å². The third kappa shape index (κ3) is 5.28. The second-order valence-electron chi connectivity index (χ2n) is 9.20. The van der Waals surface area contributed by atoms with E-state index in [2.05, 4.69) is 49.1 Å². The fourth-order valence-corrected chi connectivity index (χ4v) is 4.58. The van der Waals surface area contributed by atoms with Gasteiger partial charge < -0.3 is 9.64 Å². The van der Waals surface area contributed by atoms with Crippen molar-refractivity contribution < 1.29 is 9.53 Å². The maximum Gasteiger partial charge on any atom is 0.219 e. The minimum atomic E-state index is 0.0845. The molecule has 0 atom stereocenters. The van der Waals surface area contributed by atoms with Crippen molar-refractivity contribution in [2.75, 3.05) is 20.2 Å². The van der Waals surface area contributed by atoms with Crippen LogP contribution in [0.25, 0.3) is 5.69 Å². The first kappa shape index (κ1) is 23.1. The molecule has 1 amide bonds. The van der Waals surface area contributed by atoms with E-state index in [-0.39, 0.29) is 5.91 Å². The number of carbonyl (C=O) groups is 1. The van der Waals surface area contributed by atoms with Crippen LogP contribution in [0.3, 0.4) is 0 Å². The van der Waals surface area contributed by atoms with Crippen LogP contribution < -0.4 is 4.74 Å². The molecule has 2 aromatic carbocycles. The summed E-state index contributed by atoms with van der Waals surface area (Å²) < 4.78 is 7.68. The van der Waals surface area contributed by atoms with Crippen LogP contribution >= 0.6 is 0 Å². The summed E-state index contributed by atoms with van der Waals surface area (Å²) in [6.45, 7) is 9.86. The van der Waals surface area contributed by atoms with Crippen LogP contribution in [-0.4, -0.2) is 45.7 Å². The van der Waals surface area contributed by atoms with Crippen molar-refractivity contribution in [2.45, 2.75) is 46.8 Å². The van der Waals surface area contributed by atoms with Crippen LogP contribution in [-0.2, 0) is 30.8 Å². The average Bonchev–Trinajstić information content (AvgIpc) is 3.16. The van der Waals surface area contributed by atoms with Crippen molar-refractivity contribution in [1.29, 1.82) is 0 Å². The zero-order chi connectivity index (χ0) is 23.4. The molecule has 0 saturated carbocycles. The first-order valence-electron chi connectivity index (χ1n) is 11.7. The lowest BCUT2D eigenvalue weighted by Gasteiger charge is -2.29. The predicted molar refractivity (Wildman–Crippen MR) is 130 cm³/mol. The number of aromatic nitrogens is 2. The van der Waals surface area contributed by atoms with Gasteiger partial charge in [-0.3, -0.25) is 9.69 Å². The number of methoxy groups -OCH3 is 1. The molecule has 0 spiro atoms. The number of hydrogen-bond acceptors (Lipinski definition) is 4. The van der Waals surface area contributed by atoms with Gasteiger partial charge in [0.25, 0.3) is 0 Å². The van der Waals surface area contributed by atoms with Gasteiger partial charge in [-0.05, 0) is 23.6 Å². The predicted octanol–water partition coefficient (Wildman–Crippen LogP) is 4.44. The highest BCUT2D eigenvalue weighted by molar-refractivity contribution is 5.73. The lowest BCUT2D eigenvalue weighted by Crippen LogP contribution is -2.34. The molecule has 0 aliphatic carbocycles. The molecule has 33 heavy (non-hydrogen) atoms. The highest BCUT2D eigenvalue weighted by Crippen LogP contribution is 2.30. The van der Waals surface area contributed by atoms with Crippen LogP contribution in [0.15, 0.2) is 54.6 Å². The Kier molecular flexibility index (Phi) is 7.14. The molecule has 1 aromatic heterocycles. The first-order chi connectivity index (χ1) is 16.0. The third-order valence-electron chi connectivity index (χ3n) is 6.15. The summed E-state index contributed by atoms with van der Waals surface area (Å²) in [5.74, 6) is 1.28. The number of ether oxygens (including phenoxy) is 1. The Balaban J connectivity index is 1.71. The van der Waals surface area contributed by atoms with Gasteiger partial charge in [-0.2, -0.15) is 5.10 Å². The maximum atomic E-state index is 12.4. The second kappa shape index (κ2) is 10.2. The van der Waals surface area contributed by atoms with E-state index in [1.807, 2.05) is 33.8 Å². The Bertz CT molecular complexity index is 1090. The number of rotatable bonds is 8. The molecule has 0 fully saturated rings. The number of fused-ring (bicyclic) bond motifs is 1. The smallest absolute Gasteiger partial charge is 0.219 e. The van der Waals surface area contributed by atoms with E-state index in [4.69, 9.17) is 9.84 Å². The van der Waals surface area contributed by atoms with Crippen LogP contribution in [0.5, 0.6) is 5.75 Å². The van der Waals surface area contributed by atoms with E-state index in [1.165, 1.54) is 16.8 Å². The van der Waals surface area contributed by atoms with Gasteiger partial charge in [0.05, 0.1) is 25.0 Å². The normalized spacial score (nSPS) is 13.7. The molecular formula is C27H34N4O2. The van der Waals surface area contributed by atoms with Gasteiger partial charge in [-0.15, -0.1) is 0 Å². The minimum Gasteiger partial charge on any atom is -0.494 e. The van der Waals surface area contributed by atoms with Crippen molar-refractivity contribution in [3.8, 4) is 11.4 Å². The molecule has 0 radical (unpaired) electrons. The third-order valence-corrected chi connectivity index (χ3v) is 6.15. The summed E-state index contributed by atoms with van der Waals surface area (Å²) in [7, 11) is 1.69. The van der Waals surface area contributed by atoms with Crippen LogP contribution in [0.2, 0.25) is 0 Å². The van der Waals surface area contributed by atoms with Gasteiger partial charge in [0.2, 0.25) is 5.91 Å². The van der Waals surface area contributed by atoms with Gasteiger partial charge in [0, 0.05) is 45.1 Å². The van der Waals surface area contributed by atoms with E-state index in [0.29, 0.717) is 12.5 Å². The number of benzene rings is 2. The van der Waals surface area contributed by atoms with Crippen LogP contribution in [0, 0.1) is 5.92 Å². The van der Waals surface area contributed by atoms with E-state index < -0.39 is 0 Å². The van der Waals surface area contributed by atoms with Crippen LogP contribution in [0.1, 0.15) is 43.3 Å². The molecule has 1 aliphatic heterocycles. The van der Waals surface area contributed by atoms with E-state index in [0.717, 1.165) is 49.7 Å². The maximum absolute atomic E-state index is 12.4. The molecule has 6 heteroatoms. The molecule has 4 rings (SSSR count). The van der Waals surface area contributed by atoms with E-state index in [1.54, 1.807) is 14.0 Å². The Morgan fingerprint density at radius 2 is 1.85 bits per heavy atom. The number of hydrogen-bond donors (Lipinski definition) is 0. The highest BCUT2D eigenvalue weighted by atomic mass is 16.5. The molecule has 0 unspecified atom stereocenters. The molecule has 1 aliphatic rings. The number of para-hydroxylation sites is 2. The van der Waals surface area contributed by atoms with Crippen LogP contribution in [0.4, 0.5) is 0 Å². The second-order valence-corrected chi connectivity index (χ2v) is 9.20. The zero-order valence-electron chi connectivity index (χ0n) is 20.1. The standard InChI is InChI=1S/C27H34N4O2/c1-20(2)16-30(21(3)32)19-24-23-18-29(17-22-10-6-5-7-11-22)15-14-25(23)31(28-24)26-12-8-9-13-27(26)33-4/h5-13,20H,14-19H2,1-4H3. The van der Waals surface area contributed by atoms with Gasteiger partial charge in [-0.1, -0.05) is 56.3 Å². The molecule has 0 bridgehead atoms. The van der Waals surface area contributed by atoms with Gasteiger partial charge >= 0.3 is 0 Å². The van der Waals surface area contributed by atoms with E-state index >= 15 is 0 Å². The molecule has 6 nitrogen and oxygen atoms in total. The quantitative estimate of drug-likeness (QED) is 0.513. The summed E-state index contributed by atoms with van der Waals surface area (Å²) in [5, 5.41) is 5.06. The van der Waals surface area contributed by atoms with Crippen molar-refractivity contribution >= 4 is 5.91 Å².